The zero-order valence-electron chi connectivity index (χ0n) is 8.64. The van der Waals surface area contributed by atoms with E-state index in [1.807, 2.05) is 0 Å². The highest BCUT2D eigenvalue weighted by atomic mass is 35.5. The van der Waals surface area contributed by atoms with Crippen molar-refractivity contribution in [1.29, 1.82) is 0 Å². The van der Waals surface area contributed by atoms with Gasteiger partial charge >= 0.3 is 0 Å². The van der Waals surface area contributed by atoms with Crippen LogP contribution in [0, 0.1) is 5.82 Å². The third-order valence-corrected chi connectivity index (χ3v) is 2.69. The number of para-hydroxylation sites is 1. The predicted octanol–water partition coefficient (Wildman–Crippen LogP) is 3.21. The highest BCUT2D eigenvalue weighted by Gasteiger charge is 2.08. The molecule has 0 fully saturated rings. The number of fused-ring (bicyclic) bond motifs is 1. The number of pyridine rings is 1. The van der Waals surface area contributed by atoms with Gasteiger partial charge in [0.15, 0.2) is 5.82 Å². The van der Waals surface area contributed by atoms with Crippen molar-refractivity contribution in [3.63, 3.8) is 0 Å². The Morgan fingerprint density at radius 2 is 1.94 bits per heavy atom. The van der Waals surface area contributed by atoms with Gasteiger partial charge in [0.25, 0.3) is 0 Å². The van der Waals surface area contributed by atoms with Crippen molar-refractivity contribution in [2.45, 2.75) is 0 Å². The van der Waals surface area contributed by atoms with Crippen LogP contribution in [-0.4, -0.2) is 14.5 Å². The molecule has 0 saturated heterocycles. The largest absolute Gasteiger partial charge is 0.283 e. The van der Waals surface area contributed by atoms with Gasteiger partial charge in [-0.25, -0.2) is 14.4 Å². The summed E-state index contributed by atoms with van der Waals surface area (Å²) in [6.07, 6.45) is 1.53. The van der Waals surface area contributed by atoms with Gasteiger partial charge in [0.2, 0.25) is 0 Å². The maximum absolute atomic E-state index is 13.5. The zero-order chi connectivity index (χ0) is 11.8. The third kappa shape index (κ3) is 1.66. The minimum absolute atomic E-state index is 0.328. The van der Waals surface area contributed by atoms with E-state index in [1.165, 1.54) is 12.4 Å². The lowest BCUT2D eigenvalue weighted by Crippen LogP contribution is -1.95. The fourth-order valence-corrected chi connectivity index (χ4v) is 1.88. The van der Waals surface area contributed by atoms with Crippen LogP contribution in [0.25, 0.3) is 16.9 Å². The van der Waals surface area contributed by atoms with E-state index in [4.69, 9.17) is 11.6 Å². The lowest BCUT2D eigenvalue weighted by molar-refractivity contribution is 0.637. The summed E-state index contributed by atoms with van der Waals surface area (Å²) in [5.41, 5.74) is 0.994. The first-order valence-corrected chi connectivity index (χ1v) is 5.38. The Morgan fingerprint density at radius 3 is 2.76 bits per heavy atom. The first kappa shape index (κ1) is 10.2. The molecule has 0 atom stereocenters. The summed E-state index contributed by atoms with van der Waals surface area (Å²) in [7, 11) is 0. The van der Waals surface area contributed by atoms with Gasteiger partial charge in [-0.3, -0.25) is 4.57 Å². The smallest absolute Gasteiger partial charge is 0.151 e. The fraction of sp³-hybridized carbons (Fsp3) is 0. The summed E-state index contributed by atoms with van der Waals surface area (Å²) in [5.74, 6) is 0.272. The molecule has 3 aromatic rings. The summed E-state index contributed by atoms with van der Waals surface area (Å²) >= 11 is 5.83. The number of rotatable bonds is 1. The maximum Gasteiger partial charge on any atom is 0.151 e. The van der Waals surface area contributed by atoms with Crippen LogP contribution in [0.5, 0.6) is 0 Å². The molecular weight excluding hydrogens is 241 g/mol. The van der Waals surface area contributed by atoms with Gasteiger partial charge in [-0.2, -0.15) is 0 Å². The Hall–Kier alpha value is -1.94. The van der Waals surface area contributed by atoms with Crippen LogP contribution in [0.15, 0.2) is 42.7 Å². The lowest BCUT2D eigenvalue weighted by atomic mass is 10.3. The molecule has 3 nitrogen and oxygen atoms in total. The van der Waals surface area contributed by atoms with Crippen molar-refractivity contribution in [3.05, 3.63) is 53.7 Å². The Kier molecular flexibility index (Phi) is 2.30. The van der Waals surface area contributed by atoms with Crippen LogP contribution in [0.3, 0.4) is 0 Å². The molecule has 0 aliphatic heterocycles. The first-order chi connectivity index (χ1) is 8.25. The molecule has 0 amide bonds. The number of hydrogen-bond acceptors (Lipinski definition) is 2. The van der Waals surface area contributed by atoms with Gasteiger partial charge in [-0.05, 0) is 24.3 Å². The van der Waals surface area contributed by atoms with Crippen LogP contribution in [0.2, 0.25) is 5.15 Å². The normalized spacial score (nSPS) is 10.9. The predicted molar refractivity (Wildman–Crippen MR) is 63.8 cm³/mol. The van der Waals surface area contributed by atoms with Crippen LogP contribution < -0.4 is 0 Å². The summed E-state index contributed by atoms with van der Waals surface area (Å²) in [6, 6.07) is 10.1. The third-order valence-electron chi connectivity index (χ3n) is 2.47. The lowest BCUT2D eigenvalue weighted by Gasteiger charge is -2.03. The van der Waals surface area contributed by atoms with Crippen LogP contribution in [0.4, 0.5) is 4.39 Å². The van der Waals surface area contributed by atoms with Crippen molar-refractivity contribution in [2.75, 3.05) is 0 Å². The zero-order valence-corrected chi connectivity index (χ0v) is 9.39. The van der Waals surface area contributed by atoms with E-state index < -0.39 is 0 Å². The average molecular weight is 248 g/mol. The van der Waals surface area contributed by atoms with Gasteiger partial charge in [0.05, 0.1) is 5.52 Å². The second-order valence-corrected chi connectivity index (χ2v) is 3.93. The fourth-order valence-electron chi connectivity index (χ4n) is 1.72. The van der Waals surface area contributed by atoms with Gasteiger partial charge < -0.3 is 0 Å². The van der Waals surface area contributed by atoms with Crippen LogP contribution in [-0.2, 0) is 0 Å². The number of aromatic nitrogens is 3. The molecule has 0 bridgehead atoms. The van der Waals surface area contributed by atoms with E-state index in [2.05, 4.69) is 9.97 Å². The number of benzene rings is 1. The highest BCUT2D eigenvalue weighted by molar-refractivity contribution is 6.29. The van der Waals surface area contributed by atoms with Gasteiger partial charge in [0, 0.05) is 0 Å². The van der Waals surface area contributed by atoms with Gasteiger partial charge in [0.1, 0.15) is 22.8 Å². The van der Waals surface area contributed by atoms with Gasteiger partial charge in [-0.15, -0.1) is 0 Å². The van der Waals surface area contributed by atoms with Crippen molar-refractivity contribution < 1.29 is 4.39 Å². The number of halogens is 2. The highest BCUT2D eigenvalue weighted by Crippen LogP contribution is 2.19. The topological polar surface area (TPSA) is 30.7 Å². The summed E-state index contributed by atoms with van der Waals surface area (Å²) in [5, 5.41) is 0.390. The van der Waals surface area contributed by atoms with E-state index in [9.17, 15) is 4.39 Å². The van der Waals surface area contributed by atoms with Crippen LogP contribution in [0.1, 0.15) is 0 Å². The van der Waals surface area contributed by atoms with E-state index >= 15 is 0 Å². The molecule has 2 aromatic heterocycles. The summed E-state index contributed by atoms with van der Waals surface area (Å²) in [6.45, 7) is 0. The molecule has 17 heavy (non-hydrogen) atoms. The molecule has 0 saturated carbocycles. The minimum atomic E-state index is -0.344. The number of hydrogen-bond donors (Lipinski definition) is 0. The number of imidazole rings is 1. The van der Waals surface area contributed by atoms with Crippen molar-refractivity contribution in [2.24, 2.45) is 0 Å². The van der Waals surface area contributed by atoms with Crippen LogP contribution >= 0.6 is 11.6 Å². The standard InChI is InChI=1S/C12H7ClFN3/c13-10-5-2-6-11(16-10)17-7-15-12-8(14)3-1-4-9(12)17/h1-7H. The molecule has 84 valence electrons. The van der Waals surface area contributed by atoms with Crippen molar-refractivity contribution in [1.82, 2.24) is 14.5 Å². The van der Waals surface area contributed by atoms with E-state index in [0.717, 1.165) is 0 Å². The van der Waals surface area contributed by atoms with E-state index in [-0.39, 0.29) is 5.82 Å². The first-order valence-electron chi connectivity index (χ1n) is 5.00. The average Bonchev–Trinajstić information content (AvgIpc) is 2.74. The Morgan fingerprint density at radius 1 is 1.12 bits per heavy atom. The molecule has 0 unspecified atom stereocenters. The van der Waals surface area contributed by atoms with Crippen molar-refractivity contribution >= 4 is 22.6 Å². The summed E-state index contributed by atoms with van der Waals surface area (Å²) < 4.78 is 15.2. The van der Waals surface area contributed by atoms with Crippen molar-refractivity contribution in [3.8, 4) is 5.82 Å². The maximum atomic E-state index is 13.5. The molecule has 2 heterocycles. The molecule has 0 aliphatic carbocycles. The Labute approximate surface area is 101 Å². The Balaban J connectivity index is 2.28. The van der Waals surface area contributed by atoms with Gasteiger partial charge in [-0.1, -0.05) is 23.7 Å². The van der Waals surface area contributed by atoms with E-state index in [0.29, 0.717) is 22.0 Å². The molecule has 3 rings (SSSR count). The molecular formula is C12H7ClFN3. The second kappa shape index (κ2) is 3.82. The minimum Gasteiger partial charge on any atom is -0.283 e. The molecule has 1 aromatic carbocycles. The number of nitrogens with zero attached hydrogens (tertiary/aromatic N) is 3. The monoisotopic (exact) mass is 247 g/mol. The molecule has 0 N–H and O–H groups in total. The molecule has 0 radical (unpaired) electrons. The second-order valence-electron chi connectivity index (χ2n) is 3.54. The molecule has 0 spiro atoms. The Bertz CT molecular complexity index is 693. The SMILES string of the molecule is Fc1cccc2c1ncn2-c1cccc(Cl)n1. The quantitative estimate of drug-likeness (QED) is 0.618. The molecule has 0 aliphatic rings. The molecule has 5 heteroatoms. The summed E-state index contributed by atoms with van der Waals surface area (Å²) in [4.78, 5) is 8.19. The van der Waals surface area contributed by atoms with E-state index in [1.54, 1.807) is 34.9 Å².